The second-order valence-electron chi connectivity index (χ2n) is 6.96. The van der Waals surface area contributed by atoms with Gasteiger partial charge in [0.15, 0.2) is 6.61 Å². The van der Waals surface area contributed by atoms with Gasteiger partial charge < -0.3 is 15.0 Å². The Labute approximate surface area is 178 Å². The molecule has 0 saturated carbocycles. The molecule has 0 bridgehead atoms. The Bertz CT molecular complexity index is 942. The van der Waals surface area contributed by atoms with Crippen molar-refractivity contribution in [1.29, 1.82) is 0 Å². The van der Waals surface area contributed by atoms with Gasteiger partial charge in [-0.15, -0.1) is 0 Å². The highest BCUT2D eigenvalue weighted by atomic mass is 35.5. The van der Waals surface area contributed by atoms with Crippen LogP contribution in [-0.4, -0.2) is 41.3 Å². The summed E-state index contributed by atoms with van der Waals surface area (Å²) in [4.78, 5) is 37.2. The lowest BCUT2D eigenvalue weighted by atomic mass is 10.1. The number of para-hydroxylation sites is 1. The Morgan fingerprint density at radius 2 is 1.80 bits per heavy atom. The van der Waals surface area contributed by atoms with Crippen LogP contribution in [-0.2, 0) is 4.79 Å². The molecule has 30 heavy (non-hydrogen) atoms. The van der Waals surface area contributed by atoms with Crippen molar-refractivity contribution in [1.82, 2.24) is 4.90 Å². The molecule has 0 spiro atoms. The minimum absolute atomic E-state index is 0.0484. The molecule has 2 aromatic carbocycles. The topological polar surface area (TPSA) is 102 Å². The molecule has 2 amide bonds. The molecule has 1 saturated heterocycles. The number of carbonyl (C=O) groups is 2. The van der Waals surface area contributed by atoms with Crippen molar-refractivity contribution >= 4 is 34.8 Å². The molecule has 9 heteroatoms. The number of non-ortho nitro benzene ring substituents is 1. The van der Waals surface area contributed by atoms with E-state index in [1.807, 2.05) is 0 Å². The summed E-state index contributed by atoms with van der Waals surface area (Å²) in [5, 5.41) is 13.5. The van der Waals surface area contributed by atoms with Gasteiger partial charge in [0.25, 0.3) is 17.5 Å². The first-order valence-corrected chi connectivity index (χ1v) is 10.1. The van der Waals surface area contributed by atoms with Gasteiger partial charge in [0.1, 0.15) is 5.75 Å². The largest absolute Gasteiger partial charge is 0.483 e. The smallest absolute Gasteiger partial charge is 0.271 e. The summed E-state index contributed by atoms with van der Waals surface area (Å²) in [5.74, 6) is -0.328. The molecule has 0 atom stereocenters. The van der Waals surface area contributed by atoms with Crippen molar-refractivity contribution in [2.75, 3.05) is 25.0 Å². The number of carbonyl (C=O) groups excluding carboxylic acids is 2. The van der Waals surface area contributed by atoms with E-state index < -0.39 is 10.8 Å². The number of nitro benzene ring substituents is 1. The number of nitro groups is 1. The Morgan fingerprint density at radius 1 is 1.10 bits per heavy atom. The maximum Gasteiger partial charge on any atom is 0.271 e. The number of halogens is 1. The first-order chi connectivity index (χ1) is 14.5. The van der Waals surface area contributed by atoms with Gasteiger partial charge in [0.2, 0.25) is 0 Å². The second kappa shape index (κ2) is 10.1. The van der Waals surface area contributed by atoms with Crippen molar-refractivity contribution in [2.45, 2.75) is 25.7 Å². The lowest BCUT2D eigenvalue weighted by molar-refractivity contribution is -0.384. The highest BCUT2D eigenvalue weighted by Gasteiger charge is 2.19. The van der Waals surface area contributed by atoms with Crippen molar-refractivity contribution in [3.05, 3.63) is 63.2 Å². The normalized spacial score (nSPS) is 14.0. The minimum atomic E-state index is -0.568. The molecule has 1 fully saturated rings. The van der Waals surface area contributed by atoms with Crippen LogP contribution in [0, 0.1) is 10.1 Å². The number of nitrogens with one attached hydrogen (secondary N) is 1. The van der Waals surface area contributed by atoms with Gasteiger partial charge in [-0.2, -0.15) is 0 Å². The van der Waals surface area contributed by atoms with Gasteiger partial charge in [0.05, 0.1) is 21.2 Å². The molecule has 1 aliphatic heterocycles. The van der Waals surface area contributed by atoms with Crippen LogP contribution in [0.1, 0.15) is 36.0 Å². The third kappa shape index (κ3) is 5.48. The van der Waals surface area contributed by atoms with Crippen LogP contribution in [0.15, 0.2) is 42.5 Å². The third-order valence-corrected chi connectivity index (χ3v) is 5.17. The van der Waals surface area contributed by atoms with Crippen LogP contribution < -0.4 is 10.1 Å². The summed E-state index contributed by atoms with van der Waals surface area (Å²) in [6.07, 6.45) is 4.22. The molecule has 158 valence electrons. The van der Waals surface area contributed by atoms with E-state index in [1.165, 1.54) is 18.2 Å². The first-order valence-electron chi connectivity index (χ1n) is 9.70. The first kappa shape index (κ1) is 21.6. The zero-order valence-corrected chi connectivity index (χ0v) is 17.1. The summed E-state index contributed by atoms with van der Waals surface area (Å²) in [6, 6.07) is 10.4. The summed E-state index contributed by atoms with van der Waals surface area (Å²) >= 11 is 6.05. The molecule has 0 radical (unpaired) electrons. The van der Waals surface area contributed by atoms with Crippen LogP contribution in [0.25, 0.3) is 0 Å². The lowest BCUT2D eigenvalue weighted by Gasteiger charge is -2.20. The summed E-state index contributed by atoms with van der Waals surface area (Å²) < 4.78 is 5.66. The maximum atomic E-state index is 12.7. The number of benzene rings is 2. The maximum absolute atomic E-state index is 12.7. The van der Waals surface area contributed by atoms with Gasteiger partial charge in [-0.3, -0.25) is 19.7 Å². The second-order valence-corrected chi connectivity index (χ2v) is 7.36. The van der Waals surface area contributed by atoms with Crippen LogP contribution in [0.2, 0.25) is 5.02 Å². The highest BCUT2D eigenvalue weighted by Crippen LogP contribution is 2.28. The molecule has 1 aliphatic rings. The predicted molar refractivity (Wildman–Crippen MR) is 113 cm³/mol. The van der Waals surface area contributed by atoms with E-state index in [0.29, 0.717) is 0 Å². The van der Waals surface area contributed by atoms with E-state index in [4.69, 9.17) is 16.3 Å². The predicted octanol–water partition coefficient (Wildman–Crippen LogP) is 4.28. The van der Waals surface area contributed by atoms with E-state index in [2.05, 4.69) is 5.32 Å². The molecular weight excluding hydrogens is 410 g/mol. The van der Waals surface area contributed by atoms with Gasteiger partial charge in [-0.25, -0.2) is 0 Å². The summed E-state index contributed by atoms with van der Waals surface area (Å²) in [5.41, 5.74) is 0.298. The number of hydrogen-bond donors (Lipinski definition) is 1. The van der Waals surface area contributed by atoms with E-state index in [1.54, 1.807) is 29.2 Å². The van der Waals surface area contributed by atoms with Crippen molar-refractivity contribution in [2.24, 2.45) is 0 Å². The van der Waals surface area contributed by atoms with Crippen molar-refractivity contribution in [3.8, 4) is 5.75 Å². The Balaban J connectivity index is 1.67. The molecule has 1 N–H and O–H groups in total. The van der Waals surface area contributed by atoms with Gasteiger partial charge in [0, 0.05) is 25.2 Å². The number of hydrogen-bond acceptors (Lipinski definition) is 5. The monoisotopic (exact) mass is 431 g/mol. The zero-order chi connectivity index (χ0) is 21.5. The standard InChI is InChI=1S/C21H22ClN3O5/c22-17-13-15(25(28)29)9-10-18(17)23-21(27)16-7-3-4-8-19(16)30-14-20(26)24-11-5-1-2-6-12-24/h3-4,7-10,13H,1-2,5-6,11-12,14H2,(H,23,27). The minimum Gasteiger partial charge on any atom is -0.483 e. The Kier molecular flexibility index (Phi) is 7.24. The molecular formula is C21H22ClN3O5. The Hall–Kier alpha value is -3.13. The van der Waals surface area contributed by atoms with E-state index >= 15 is 0 Å². The molecule has 0 aliphatic carbocycles. The SMILES string of the molecule is O=C(Nc1ccc([N+](=O)[O-])cc1Cl)c1ccccc1OCC(=O)N1CCCCCC1. The molecule has 3 rings (SSSR count). The van der Waals surface area contributed by atoms with Crippen LogP contribution in [0.5, 0.6) is 5.75 Å². The van der Waals surface area contributed by atoms with Crippen LogP contribution in [0.4, 0.5) is 11.4 Å². The zero-order valence-electron chi connectivity index (χ0n) is 16.3. The van der Waals surface area contributed by atoms with Crippen molar-refractivity contribution in [3.63, 3.8) is 0 Å². The quantitative estimate of drug-likeness (QED) is 0.543. The van der Waals surface area contributed by atoms with Crippen LogP contribution in [0.3, 0.4) is 0 Å². The average molecular weight is 432 g/mol. The van der Waals surface area contributed by atoms with E-state index in [9.17, 15) is 19.7 Å². The fourth-order valence-electron chi connectivity index (χ4n) is 3.24. The number of ether oxygens (including phenoxy) is 1. The van der Waals surface area contributed by atoms with E-state index in [0.717, 1.165) is 38.8 Å². The third-order valence-electron chi connectivity index (χ3n) is 4.85. The molecule has 1 heterocycles. The number of anilines is 1. The average Bonchev–Trinajstić information content (AvgIpc) is 3.03. The van der Waals surface area contributed by atoms with Crippen molar-refractivity contribution < 1.29 is 19.2 Å². The molecule has 2 aromatic rings. The van der Waals surface area contributed by atoms with Crippen LogP contribution >= 0.6 is 11.6 Å². The lowest BCUT2D eigenvalue weighted by Crippen LogP contribution is -2.35. The fraction of sp³-hybridized carbons (Fsp3) is 0.333. The number of nitrogens with zero attached hydrogens (tertiary/aromatic N) is 2. The van der Waals surface area contributed by atoms with Gasteiger partial charge >= 0.3 is 0 Å². The molecule has 0 aromatic heterocycles. The molecule has 8 nitrogen and oxygen atoms in total. The number of amides is 2. The van der Waals surface area contributed by atoms with Gasteiger partial charge in [-0.1, -0.05) is 36.6 Å². The number of rotatable bonds is 6. The van der Waals surface area contributed by atoms with Gasteiger partial charge in [-0.05, 0) is 31.0 Å². The number of likely N-dealkylation sites (tertiary alicyclic amines) is 1. The fourth-order valence-corrected chi connectivity index (χ4v) is 3.46. The highest BCUT2D eigenvalue weighted by molar-refractivity contribution is 6.34. The Morgan fingerprint density at radius 3 is 2.47 bits per heavy atom. The molecule has 0 unspecified atom stereocenters. The summed E-state index contributed by atoms with van der Waals surface area (Å²) in [7, 11) is 0. The summed E-state index contributed by atoms with van der Waals surface area (Å²) in [6.45, 7) is 1.30. The van der Waals surface area contributed by atoms with E-state index in [-0.39, 0.29) is 40.2 Å².